The predicted molar refractivity (Wildman–Crippen MR) is 130 cm³/mol. The smallest absolute Gasteiger partial charge is 0.295 e. The number of methoxy groups -OCH3 is 1. The van der Waals surface area contributed by atoms with E-state index in [2.05, 4.69) is 18.7 Å². The molecule has 1 N–H and O–H groups in total. The van der Waals surface area contributed by atoms with Crippen molar-refractivity contribution in [3.63, 3.8) is 0 Å². The maximum atomic E-state index is 13.2. The molecule has 2 aromatic rings. The van der Waals surface area contributed by atoms with E-state index >= 15 is 0 Å². The summed E-state index contributed by atoms with van der Waals surface area (Å²) in [6.07, 6.45) is 0. The first-order chi connectivity index (χ1) is 16.4. The van der Waals surface area contributed by atoms with E-state index in [0.717, 1.165) is 18.7 Å². The summed E-state index contributed by atoms with van der Waals surface area (Å²) in [5.41, 5.74) is 2.56. The van der Waals surface area contributed by atoms with Crippen LogP contribution >= 0.6 is 0 Å². The third-order valence-electron chi connectivity index (χ3n) is 6.58. The van der Waals surface area contributed by atoms with E-state index < -0.39 is 17.7 Å². The number of ketones is 1. The van der Waals surface area contributed by atoms with Crippen LogP contribution in [0.2, 0.25) is 0 Å². The van der Waals surface area contributed by atoms with Gasteiger partial charge in [0.2, 0.25) is 0 Å². The average molecular weight is 465 g/mol. The first-order valence-electron chi connectivity index (χ1n) is 11.7. The van der Waals surface area contributed by atoms with Gasteiger partial charge in [-0.05, 0) is 41.3 Å². The number of hydrogen-bond donors (Lipinski definition) is 1. The number of Topliss-reactive ketones (excluding diaryl/α,β-unsaturated/α-hetero) is 1. The molecular formula is C27H32N2O5. The third-order valence-corrected chi connectivity index (χ3v) is 6.58. The minimum absolute atomic E-state index is 0.120. The van der Waals surface area contributed by atoms with Crippen molar-refractivity contribution in [2.24, 2.45) is 0 Å². The molecule has 7 nitrogen and oxygen atoms in total. The maximum absolute atomic E-state index is 13.2. The zero-order chi connectivity index (χ0) is 24.2. The lowest BCUT2D eigenvalue weighted by molar-refractivity contribution is -0.140. The van der Waals surface area contributed by atoms with Crippen molar-refractivity contribution < 1.29 is 24.2 Å². The molecule has 0 unspecified atom stereocenters. The van der Waals surface area contributed by atoms with Crippen molar-refractivity contribution in [3.05, 3.63) is 70.8 Å². The van der Waals surface area contributed by atoms with Crippen LogP contribution in [0.3, 0.4) is 0 Å². The normalized spacial score (nSPS) is 20.8. The van der Waals surface area contributed by atoms with Crippen LogP contribution in [0.4, 0.5) is 0 Å². The minimum Gasteiger partial charge on any atom is -0.507 e. The van der Waals surface area contributed by atoms with E-state index in [0.29, 0.717) is 43.5 Å². The number of ether oxygens (including phenoxy) is 2. The molecule has 7 heteroatoms. The van der Waals surface area contributed by atoms with Crippen LogP contribution in [-0.2, 0) is 14.3 Å². The van der Waals surface area contributed by atoms with Crippen molar-refractivity contribution >= 4 is 17.4 Å². The van der Waals surface area contributed by atoms with Gasteiger partial charge in [-0.25, -0.2) is 0 Å². The highest BCUT2D eigenvalue weighted by Gasteiger charge is 2.46. The number of benzene rings is 2. The first kappa shape index (κ1) is 24.0. The number of nitrogens with zero attached hydrogens (tertiary/aromatic N) is 2. The van der Waals surface area contributed by atoms with Gasteiger partial charge in [0.1, 0.15) is 11.5 Å². The minimum atomic E-state index is -0.659. The summed E-state index contributed by atoms with van der Waals surface area (Å²) in [6, 6.07) is 14.1. The SMILES string of the molecule is COc1ccc(C(O)=C2C(=O)C(=O)N(CCN3CCOCC3)[C@@H]2c2ccc(C(C)C)cc2)cc1. The fraction of sp³-hybridized carbons (Fsp3) is 0.407. The molecule has 2 aliphatic heterocycles. The molecule has 2 aliphatic rings. The Bertz CT molecular complexity index is 1050. The fourth-order valence-electron chi connectivity index (χ4n) is 4.50. The van der Waals surface area contributed by atoms with Gasteiger partial charge < -0.3 is 19.5 Å². The number of likely N-dealkylation sites (tertiary alicyclic amines) is 1. The molecule has 2 fully saturated rings. The standard InChI is InChI=1S/C27H32N2O5/c1-18(2)19-4-6-20(7-5-19)24-23(25(30)21-8-10-22(33-3)11-9-21)26(31)27(32)29(24)13-12-28-14-16-34-17-15-28/h4-11,18,24,30H,12-17H2,1-3H3/t24-/m1/s1. The maximum Gasteiger partial charge on any atom is 0.295 e. The first-order valence-corrected chi connectivity index (χ1v) is 11.7. The average Bonchev–Trinajstić information content (AvgIpc) is 3.12. The number of carbonyl (C=O) groups excluding carboxylic acids is 2. The van der Waals surface area contributed by atoms with Crippen LogP contribution in [0.25, 0.3) is 5.76 Å². The molecule has 180 valence electrons. The van der Waals surface area contributed by atoms with Crippen LogP contribution in [0, 0.1) is 0 Å². The number of morpholine rings is 1. The molecule has 0 spiro atoms. The van der Waals surface area contributed by atoms with E-state index in [4.69, 9.17) is 9.47 Å². The van der Waals surface area contributed by atoms with E-state index in [1.165, 1.54) is 5.56 Å². The van der Waals surface area contributed by atoms with Crippen LogP contribution < -0.4 is 4.74 Å². The van der Waals surface area contributed by atoms with Crippen molar-refractivity contribution in [1.29, 1.82) is 0 Å². The van der Waals surface area contributed by atoms with Gasteiger partial charge in [-0.2, -0.15) is 0 Å². The fourth-order valence-corrected chi connectivity index (χ4v) is 4.50. The number of carbonyl (C=O) groups is 2. The van der Waals surface area contributed by atoms with Crippen LogP contribution in [0.5, 0.6) is 5.75 Å². The molecule has 34 heavy (non-hydrogen) atoms. The van der Waals surface area contributed by atoms with Crippen molar-refractivity contribution in [1.82, 2.24) is 9.80 Å². The number of rotatable bonds is 7. The Morgan fingerprint density at radius 1 is 1.03 bits per heavy atom. The van der Waals surface area contributed by atoms with Gasteiger partial charge in [0.25, 0.3) is 11.7 Å². The monoisotopic (exact) mass is 464 g/mol. The summed E-state index contributed by atoms with van der Waals surface area (Å²) in [7, 11) is 1.57. The van der Waals surface area contributed by atoms with Gasteiger partial charge >= 0.3 is 0 Å². The number of hydrogen-bond acceptors (Lipinski definition) is 6. The lowest BCUT2D eigenvalue weighted by Crippen LogP contribution is -2.42. The van der Waals surface area contributed by atoms with E-state index in [1.807, 2.05) is 24.3 Å². The molecule has 4 rings (SSSR count). The zero-order valence-corrected chi connectivity index (χ0v) is 20.0. The van der Waals surface area contributed by atoms with Gasteiger partial charge in [-0.3, -0.25) is 14.5 Å². The van der Waals surface area contributed by atoms with Gasteiger partial charge in [0.15, 0.2) is 0 Å². The van der Waals surface area contributed by atoms with Gasteiger partial charge in [0, 0.05) is 31.7 Å². The van der Waals surface area contributed by atoms with Crippen LogP contribution in [0.15, 0.2) is 54.1 Å². The summed E-state index contributed by atoms with van der Waals surface area (Å²) >= 11 is 0. The third kappa shape index (κ3) is 4.86. The molecule has 0 aliphatic carbocycles. The summed E-state index contributed by atoms with van der Waals surface area (Å²) in [5.74, 6) is -0.410. The summed E-state index contributed by atoms with van der Waals surface area (Å²) in [4.78, 5) is 30.2. The largest absolute Gasteiger partial charge is 0.507 e. The van der Waals surface area contributed by atoms with Crippen LogP contribution in [-0.4, -0.2) is 73.1 Å². The Labute approximate surface area is 200 Å². The van der Waals surface area contributed by atoms with Gasteiger partial charge in [-0.15, -0.1) is 0 Å². The highest BCUT2D eigenvalue weighted by atomic mass is 16.5. The second kappa shape index (κ2) is 10.4. The van der Waals surface area contributed by atoms with Crippen molar-refractivity contribution in [2.75, 3.05) is 46.5 Å². The topological polar surface area (TPSA) is 79.3 Å². The van der Waals surface area contributed by atoms with E-state index in [1.54, 1.807) is 36.3 Å². The van der Waals surface area contributed by atoms with Crippen LogP contribution in [0.1, 0.15) is 42.5 Å². The Kier molecular flexibility index (Phi) is 7.34. The summed E-state index contributed by atoms with van der Waals surface area (Å²) in [6.45, 7) is 8.18. The Morgan fingerprint density at radius 2 is 1.68 bits per heavy atom. The second-order valence-electron chi connectivity index (χ2n) is 9.00. The molecular weight excluding hydrogens is 432 g/mol. The highest BCUT2D eigenvalue weighted by Crippen LogP contribution is 2.39. The molecule has 2 aromatic carbocycles. The lowest BCUT2D eigenvalue weighted by atomic mass is 9.93. The lowest BCUT2D eigenvalue weighted by Gasteiger charge is -2.31. The summed E-state index contributed by atoms with van der Waals surface area (Å²) < 4.78 is 10.6. The molecule has 0 aromatic heterocycles. The summed E-state index contributed by atoms with van der Waals surface area (Å²) in [5, 5.41) is 11.2. The van der Waals surface area contributed by atoms with Crippen molar-refractivity contribution in [2.45, 2.75) is 25.8 Å². The molecule has 2 saturated heterocycles. The quantitative estimate of drug-likeness (QED) is 0.383. The Morgan fingerprint density at radius 3 is 2.26 bits per heavy atom. The molecule has 1 atom stereocenters. The Hall–Kier alpha value is -3.16. The second-order valence-corrected chi connectivity index (χ2v) is 9.00. The molecule has 1 amide bonds. The highest BCUT2D eigenvalue weighted by molar-refractivity contribution is 6.46. The number of amides is 1. The number of aliphatic hydroxyl groups excluding tert-OH is 1. The van der Waals surface area contributed by atoms with E-state index in [9.17, 15) is 14.7 Å². The van der Waals surface area contributed by atoms with Gasteiger partial charge in [-0.1, -0.05) is 38.1 Å². The van der Waals surface area contributed by atoms with E-state index in [-0.39, 0.29) is 11.3 Å². The molecule has 0 bridgehead atoms. The molecule has 0 saturated carbocycles. The zero-order valence-electron chi connectivity index (χ0n) is 20.0. The van der Waals surface area contributed by atoms with Crippen molar-refractivity contribution in [3.8, 4) is 5.75 Å². The van der Waals surface area contributed by atoms with Gasteiger partial charge in [0.05, 0.1) is 31.9 Å². The predicted octanol–water partition coefficient (Wildman–Crippen LogP) is 3.57. The Balaban J connectivity index is 1.72. The molecule has 2 heterocycles. The number of aliphatic hydroxyl groups is 1. The molecule has 0 radical (unpaired) electrons.